The second-order valence-corrected chi connectivity index (χ2v) is 9.76. The molecule has 9 heteroatoms. The quantitative estimate of drug-likeness (QED) is 0.583. The molecule has 1 amide bonds. The van der Waals surface area contributed by atoms with Crippen LogP contribution in [0.25, 0.3) is 0 Å². The highest BCUT2D eigenvalue weighted by molar-refractivity contribution is 7.92. The van der Waals surface area contributed by atoms with Gasteiger partial charge < -0.3 is 9.64 Å². The van der Waals surface area contributed by atoms with E-state index in [9.17, 15) is 13.2 Å². The molecule has 0 aromatic heterocycles. The summed E-state index contributed by atoms with van der Waals surface area (Å²) in [5, 5.41) is 4.24. The first-order valence-corrected chi connectivity index (χ1v) is 12.2. The molecule has 1 heterocycles. The van der Waals surface area contributed by atoms with Crippen LogP contribution in [0, 0.1) is 6.92 Å². The summed E-state index contributed by atoms with van der Waals surface area (Å²) in [5.41, 5.74) is 4.72. The van der Waals surface area contributed by atoms with Crippen LogP contribution in [-0.4, -0.2) is 53.3 Å². The van der Waals surface area contributed by atoms with Gasteiger partial charge in [-0.05, 0) is 38.1 Å². The van der Waals surface area contributed by atoms with Crippen molar-refractivity contribution >= 4 is 27.3 Å². The molecule has 8 nitrogen and oxygen atoms in total. The number of para-hydroxylation sites is 2. The zero-order chi connectivity index (χ0) is 23.1. The zero-order valence-electron chi connectivity index (χ0n) is 18.8. The van der Waals surface area contributed by atoms with Crippen LogP contribution >= 0.6 is 0 Å². The summed E-state index contributed by atoms with van der Waals surface area (Å²) in [6.45, 7) is 5.58. The van der Waals surface area contributed by atoms with Gasteiger partial charge in [0.25, 0.3) is 15.9 Å². The molecule has 0 atom stereocenters. The highest BCUT2D eigenvalue weighted by atomic mass is 32.2. The Labute approximate surface area is 189 Å². The minimum atomic E-state index is -4.02. The van der Waals surface area contributed by atoms with E-state index in [0.29, 0.717) is 18.0 Å². The van der Waals surface area contributed by atoms with E-state index < -0.39 is 22.5 Å². The maximum atomic E-state index is 13.5. The Morgan fingerprint density at radius 3 is 2.44 bits per heavy atom. The number of sulfonamides is 1. The molecule has 1 aliphatic heterocycles. The predicted octanol–water partition coefficient (Wildman–Crippen LogP) is 1.37. The fourth-order valence-corrected chi connectivity index (χ4v) is 4.89. The summed E-state index contributed by atoms with van der Waals surface area (Å²) in [6, 6.07) is 13.3. The number of amides is 1. The summed E-state index contributed by atoms with van der Waals surface area (Å²) in [7, 11) is -1.89. The Morgan fingerprint density at radius 2 is 1.78 bits per heavy atom. The van der Waals surface area contributed by atoms with Crippen molar-refractivity contribution in [1.29, 1.82) is 0 Å². The number of nitrogens with zero attached hydrogens (tertiary/aromatic N) is 2. The van der Waals surface area contributed by atoms with Gasteiger partial charge in [0.1, 0.15) is 12.3 Å². The largest absolute Gasteiger partial charge is 0.492 e. The van der Waals surface area contributed by atoms with E-state index in [1.807, 2.05) is 13.8 Å². The van der Waals surface area contributed by atoms with Crippen molar-refractivity contribution < 1.29 is 22.8 Å². The number of anilines is 1. The third kappa shape index (κ3) is 5.86. The van der Waals surface area contributed by atoms with Crippen molar-refractivity contribution in [3.8, 4) is 5.75 Å². The third-order valence-electron chi connectivity index (χ3n) is 5.35. The lowest BCUT2D eigenvalue weighted by atomic mass is 10.1. The molecule has 0 saturated carbocycles. The molecule has 3 rings (SSSR count). The molecule has 32 heavy (non-hydrogen) atoms. The van der Waals surface area contributed by atoms with Gasteiger partial charge in [-0.1, -0.05) is 29.8 Å². The number of nitrogens with one attached hydrogen (secondary N) is 2. The maximum Gasteiger partial charge on any atom is 0.264 e. The van der Waals surface area contributed by atoms with Gasteiger partial charge in [-0.25, -0.2) is 13.8 Å². The first-order valence-electron chi connectivity index (χ1n) is 10.8. The molecule has 172 valence electrons. The van der Waals surface area contributed by atoms with Gasteiger partial charge in [0, 0.05) is 18.6 Å². The molecule has 0 aliphatic carbocycles. The average Bonchev–Trinajstić information content (AvgIpc) is 2.78. The van der Waals surface area contributed by atoms with Crippen LogP contribution in [0.3, 0.4) is 0 Å². The molecule has 0 radical (unpaired) electrons. The van der Waals surface area contributed by atoms with Crippen LogP contribution in [0.4, 0.5) is 5.69 Å². The molecule has 0 unspecified atom stereocenters. The summed E-state index contributed by atoms with van der Waals surface area (Å²) >= 11 is 0. The monoisotopic (exact) mass is 459 g/mol. The van der Waals surface area contributed by atoms with E-state index in [0.717, 1.165) is 41.5 Å². The number of benzene rings is 2. The van der Waals surface area contributed by atoms with Crippen molar-refractivity contribution in [2.75, 3.05) is 37.6 Å². The SMILES string of the molecule is CCOc1ccccc1N(CC(=O)NN=C1CC[NH+](C)CC1)S(=O)(=O)c1ccc(C)cc1. The smallest absolute Gasteiger partial charge is 0.264 e. The Morgan fingerprint density at radius 1 is 1.12 bits per heavy atom. The molecule has 1 fully saturated rings. The fraction of sp³-hybridized carbons (Fsp3) is 0.391. The number of ether oxygens (including phenoxy) is 1. The van der Waals surface area contributed by atoms with Crippen LogP contribution in [0.5, 0.6) is 5.75 Å². The summed E-state index contributed by atoms with van der Waals surface area (Å²) < 4.78 is 33.8. The standard InChI is InChI=1S/C23H30N4O4S/c1-4-31-22-8-6-5-7-21(22)27(32(29,30)20-11-9-18(2)10-12-20)17-23(28)25-24-19-13-15-26(3)16-14-19/h5-12H,4,13-17H2,1-3H3,(H,25,28)/p+1. The Bertz CT molecular complexity index is 1060. The number of piperidine rings is 1. The number of hydrogen-bond donors (Lipinski definition) is 2. The first-order chi connectivity index (χ1) is 15.3. The molecule has 2 aromatic rings. The van der Waals surface area contributed by atoms with E-state index in [1.165, 1.54) is 4.90 Å². The molecule has 1 aliphatic rings. The topological polar surface area (TPSA) is 92.5 Å². The van der Waals surface area contributed by atoms with Crippen LogP contribution in [0.15, 0.2) is 58.5 Å². The van der Waals surface area contributed by atoms with Crippen LogP contribution < -0.4 is 19.4 Å². The van der Waals surface area contributed by atoms with E-state index >= 15 is 0 Å². The predicted molar refractivity (Wildman–Crippen MR) is 125 cm³/mol. The summed E-state index contributed by atoms with van der Waals surface area (Å²) in [4.78, 5) is 14.3. The van der Waals surface area contributed by atoms with Crippen molar-refractivity contribution in [1.82, 2.24) is 5.43 Å². The normalized spacial score (nSPS) is 16.3. The number of quaternary nitrogens is 1. The van der Waals surface area contributed by atoms with Crippen molar-refractivity contribution in [2.45, 2.75) is 31.6 Å². The highest BCUT2D eigenvalue weighted by Gasteiger charge is 2.29. The number of likely N-dealkylation sites (tertiary alicyclic amines) is 1. The average molecular weight is 460 g/mol. The first kappa shape index (κ1) is 23.7. The number of rotatable bonds is 8. The molecular formula is C23H31N4O4S+. The molecule has 2 aromatic carbocycles. The number of hydrogen-bond acceptors (Lipinski definition) is 5. The van der Waals surface area contributed by atoms with E-state index in [2.05, 4.69) is 17.6 Å². The van der Waals surface area contributed by atoms with E-state index in [1.54, 1.807) is 48.5 Å². The lowest BCUT2D eigenvalue weighted by molar-refractivity contribution is -0.880. The van der Waals surface area contributed by atoms with Gasteiger partial charge in [0.2, 0.25) is 0 Å². The van der Waals surface area contributed by atoms with Gasteiger partial charge in [0.15, 0.2) is 0 Å². The lowest BCUT2D eigenvalue weighted by Crippen LogP contribution is -3.10. The van der Waals surface area contributed by atoms with Gasteiger partial charge in [-0.3, -0.25) is 9.10 Å². The van der Waals surface area contributed by atoms with Crippen LogP contribution in [0.1, 0.15) is 25.3 Å². The van der Waals surface area contributed by atoms with Crippen molar-refractivity contribution in [3.63, 3.8) is 0 Å². The Balaban J connectivity index is 1.90. The number of hydrazone groups is 1. The lowest BCUT2D eigenvalue weighted by Gasteiger charge is -2.26. The third-order valence-corrected chi connectivity index (χ3v) is 7.12. The van der Waals surface area contributed by atoms with Gasteiger partial charge >= 0.3 is 0 Å². The van der Waals surface area contributed by atoms with Gasteiger partial charge in [-0.15, -0.1) is 0 Å². The number of carbonyl (C=O) groups is 1. The van der Waals surface area contributed by atoms with E-state index in [4.69, 9.17) is 4.74 Å². The Kier molecular flexibility index (Phi) is 7.87. The Hall–Kier alpha value is -2.91. The molecular weight excluding hydrogens is 428 g/mol. The van der Waals surface area contributed by atoms with Crippen LogP contribution in [-0.2, 0) is 14.8 Å². The molecule has 1 saturated heterocycles. The van der Waals surface area contributed by atoms with E-state index in [-0.39, 0.29) is 4.90 Å². The van der Waals surface area contributed by atoms with Crippen molar-refractivity contribution in [2.24, 2.45) is 5.10 Å². The second kappa shape index (κ2) is 10.6. The molecule has 0 bridgehead atoms. The number of aryl methyl sites for hydroxylation is 1. The van der Waals surface area contributed by atoms with Gasteiger partial charge in [0.05, 0.1) is 37.3 Å². The molecule has 0 spiro atoms. The fourth-order valence-electron chi connectivity index (χ4n) is 3.46. The van der Waals surface area contributed by atoms with Crippen LogP contribution in [0.2, 0.25) is 0 Å². The molecule has 2 N–H and O–H groups in total. The maximum absolute atomic E-state index is 13.5. The van der Waals surface area contributed by atoms with Gasteiger partial charge in [-0.2, -0.15) is 5.10 Å². The minimum absolute atomic E-state index is 0.104. The number of carbonyl (C=O) groups excluding carboxylic acids is 1. The summed E-state index contributed by atoms with van der Waals surface area (Å²) in [6.07, 6.45) is 1.62. The second-order valence-electron chi connectivity index (χ2n) is 7.90. The van der Waals surface area contributed by atoms with Crippen molar-refractivity contribution in [3.05, 3.63) is 54.1 Å². The highest BCUT2D eigenvalue weighted by Crippen LogP contribution is 2.32. The summed E-state index contributed by atoms with van der Waals surface area (Å²) in [5.74, 6) is -0.117. The minimum Gasteiger partial charge on any atom is -0.492 e. The zero-order valence-corrected chi connectivity index (χ0v) is 19.6.